The first-order valence-electron chi connectivity index (χ1n) is 6.72. The van der Waals surface area contributed by atoms with Crippen molar-refractivity contribution in [3.63, 3.8) is 0 Å². The standard InChI is InChI=1S/C13H22O4/c14-12(15)13(7-3-1-4-8-13)17-10-11-6-2-5-9-16-11/h11H,1-10H2,(H,14,15). The lowest BCUT2D eigenvalue weighted by atomic mass is 9.84. The van der Waals surface area contributed by atoms with Crippen molar-refractivity contribution in [2.45, 2.75) is 63.1 Å². The van der Waals surface area contributed by atoms with Crippen molar-refractivity contribution in [1.82, 2.24) is 0 Å². The average molecular weight is 242 g/mol. The third-order valence-corrected chi connectivity index (χ3v) is 3.87. The third-order valence-electron chi connectivity index (χ3n) is 3.87. The van der Waals surface area contributed by atoms with Gasteiger partial charge in [-0.1, -0.05) is 6.42 Å². The summed E-state index contributed by atoms with van der Waals surface area (Å²) in [6.07, 6.45) is 7.70. The quantitative estimate of drug-likeness (QED) is 0.822. The molecule has 0 bridgehead atoms. The lowest BCUT2D eigenvalue weighted by Crippen LogP contribution is -2.45. The van der Waals surface area contributed by atoms with Gasteiger partial charge in [0.15, 0.2) is 5.60 Å². The highest BCUT2D eigenvalue weighted by atomic mass is 16.6. The molecule has 1 heterocycles. The second kappa shape index (κ2) is 5.83. The molecule has 0 aromatic carbocycles. The maximum atomic E-state index is 11.4. The lowest BCUT2D eigenvalue weighted by Gasteiger charge is -2.35. The van der Waals surface area contributed by atoms with Gasteiger partial charge in [0.1, 0.15) is 0 Å². The van der Waals surface area contributed by atoms with Crippen molar-refractivity contribution in [2.75, 3.05) is 13.2 Å². The molecule has 1 unspecified atom stereocenters. The molecule has 98 valence electrons. The van der Waals surface area contributed by atoms with Crippen LogP contribution in [0, 0.1) is 0 Å². The Morgan fingerprint density at radius 1 is 1.24 bits per heavy atom. The fourth-order valence-electron chi connectivity index (χ4n) is 2.73. The van der Waals surface area contributed by atoms with E-state index in [-0.39, 0.29) is 6.10 Å². The second-order valence-electron chi connectivity index (χ2n) is 5.16. The summed E-state index contributed by atoms with van der Waals surface area (Å²) in [5.41, 5.74) is -0.931. The number of aliphatic carboxylic acids is 1. The fraction of sp³-hybridized carbons (Fsp3) is 0.923. The molecule has 1 aliphatic carbocycles. The molecule has 1 saturated heterocycles. The zero-order chi connectivity index (χ0) is 12.1. The highest BCUT2D eigenvalue weighted by Gasteiger charge is 2.41. The van der Waals surface area contributed by atoms with Gasteiger partial charge >= 0.3 is 5.97 Å². The molecule has 4 heteroatoms. The van der Waals surface area contributed by atoms with Crippen molar-refractivity contribution < 1.29 is 19.4 Å². The summed E-state index contributed by atoms with van der Waals surface area (Å²) in [5.74, 6) is -0.798. The number of ether oxygens (including phenoxy) is 2. The van der Waals surface area contributed by atoms with Crippen LogP contribution in [0.25, 0.3) is 0 Å². The molecule has 1 aliphatic heterocycles. The van der Waals surface area contributed by atoms with Crippen LogP contribution >= 0.6 is 0 Å². The summed E-state index contributed by atoms with van der Waals surface area (Å²) in [5, 5.41) is 9.35. The largest absolute Gasteiger partial charge is 0.479 e. The maximum absolute atomic E-state index is 11.4. The molecule has 0 aromatic heterocycles. The van der Waals surface area contributed by atoms with Crippen molar-refractivity contribution in [3.8, 4) is 0 Å². The van der Waals surface area contributed by atoms with E-state index in [2.05, 4.69) is 0 Å². The van der Waals surface area contributed by atoms with Crippen LogP contribution in [0.1, 0.15) is 51.4 Å². The molecule has 1 saturated carbocycles. The van der Waals surface area contributed by atoms with E-state index in [0.29, 0.717) is 19.4 Å². The Morgan fingerprint density at radius 2 is 2.00 bits per heavy atom. The third kappa shape index (κ3) is 3.19. The number of hydrogen-bond acceptors (Lipinski definition) is 3. The Bertz CT molecular complexity index is 252. The molecule has 0 spiro atoms. The molecule has 0 amide bonds. The van der Waals surface area contributed by atoms with Gasteiger partial charge in [-0.05, 0) is 44.9 Å². The highest BCUT2D eigenvalue weighted by Crippen LogP contribution is 2.32. The van der Waals surface area contributed by atoms with Crippen molar-refractivity contribution in [1.29, 1.82) is 0 Å². The average Bonchev–Trinajstić information content (AvgIpc) is 2.38. The smallest absolute Gasteiger partial charge is 0.335 e. The first kappa shape index (κ1) is 12.8. The first-order valence-corrected chi connectivity index (χ1v) is 6.72. The molecule has 2 fully saturated rings. The van der Waals surface area contributed by atoms with Gasteiger partial charge in [0.2, 0.25) is 0 Å². The van der Waals surface area contributed by atoms with Crippen LogP contribution in [0.4, 0.5) is 0 Å². The molecule has 0 aromatic rings. The predicted octanol–water partition coefficient (Wildman–Crippen LogP) is 2.36. The minimum Gasteiger partial charge on any atom is -0.479 e. The van der Waals surface area contributed by atoms with E-state index in [1.54, 1.807) is 0 Å². The van der Waals surface area contributed by atoms with Gasteiger partial charge in [0.05, 0.1) is 12.7 Å². The highest BCUT2D eigenvalue weighted by molar-refractivity contribution is 5.77. The van der Waals surface area contributed by atoms with E-state index >= 15 is 0 Å². The van der Waals surface area contributed by atoms with Gasteiger partial charge in [-0.15, -0.1) is 0 Å². The molecule has 17 heavy (non-hydrogen) atoms. The minimum atomic E-state index is -0.931. The Balaban J connectivity index is 1.86. The van der Waals surface area contributed by atoms with Crippen LogP contribution in [-0.4, -0.2) is 36.0 Å². The number of rotatable bonds is 4. The first-order chi connectivity index (χ1) is 8.23. The zero-order valence-corrected chi connectivity index (χ0v) is 10.3. The Kier molecular flexibility index (Phi) is 4.40. The summed E-state index contributed by atoms with van der Waals surface area (Å²) in [6.45, 7) is 1.22. The summed E-state index contributed by atoms with van der Waals surface area (Å²) >= 11 is 0. The second-order valence-corrected chi connectivity index (χ2v) is 5.16. The summed E-state index contributed by atoms with van der Waals surface area (Å²) in [7, 11) is 0. The van der Waals surface area contributed by atoms with Gasteiger partial charge in [-0.25, -0.2) is 4.79 Å². The van der Waals surface area contributed by atoms with E-state index in [1.807, 2.05) is 0 Å². The molecule has 1 N–H and O–H groups in total. The molecular formula is C13H22O4. The van der Waals surface area contributed by atoms with Crippen LogP contribution in [0.3, 0.4) is 0 Å². The van der Waals surface area contributed by atoms with Crippen LogP contribution in [0.2, 0.25) is 0 Å². The van der Waals surface area contributed by atoms with Gasteiger partial charge in [-0.3, -0.25) is 0 Å². The monoisotopic (exact) mass is 242 g/mol. The maximum Gasteiger partial charge on any atom is 0.335 e. The van der Waals surface area contributed by atoms with Gasteiger partial charge < -0.3 is 14.6 Å². The molecular weight excluding hydrogens is 220 g/mol. The van der Waals surface area contributed by atoms with E-state index in [4.69, 9.17) is 9.47 Å². The van der Waals surface area contributed by atoms with Crippen LogP contribution in [0.5, 0.6) is 0 Å². The van der Waals surface area contributed by atoms with Gasteiger partial charge in [0, 0.05) is 6.61 Å². The van der Waals surface area contributed by atoms with Crippen molar-refractivity contribution in [3.05, 3.63) is 0 Å². The number of carbonyl (C=O) groups is 1. The van der Waals surface area contributed by atoms with Crippen molar-refractivity contribution >= 4 is 5.97 Å². The Labute approximate surface area is 102 Å². The number of hydrogen-bond donors (Lipinski definition) is 1. The Morgan fingerprint density at radius 3 is 2.59 bits per heavy atom. The Hall–Kier alpha value is -0.610. The minimum absolute atomic E-state index is 0.0990. The summed E-state index contributed by atoms with van der Waals surface area (Å²) in [6, 6.07) is 0. The van der Waals surface area contributed by atoms with Gasteiger partial charge in [0.25, 0.3) is 0 Å². The van der Waals surface area contributed by atoms with Crippen LogP contribution in [-0.2, 0) is 14.3 Å². The molecule has 4 nitrogen and oxygen atoms in total. The zero-order valence-electron chi connectivity index (χ0n) is 10.3. The van der Waals surface area contributed by atoms with Gasteiger partial charge in [-0.2, -0.15) is 0 Å². The van der Waals surface area contributed by atoms with Crippen molar-refractivity contribution in [2.24, 2.45) is 0 Å². The van der Waals surface area contributed by atoms with E-state index in [9.17, 15) is 9.90 Å². The van der Waals surface area contributed by atoms with E-state index in [1.165, 1.54) is 0 Å². The van der Waals surface area contributed by atoms with Crippen LogP contribution in [0.15, 0.2) is 0 Å². The summed E-state index contributed by atoms with van der Waals surface area (Å²) in [4.78, 5) is 11.4. The molecule has 1 atom stereocenters. The fourth-order valence-corrected chi connectivity index (χ4v) is 2.73. The topological polar surface area (TPSA) is 55.8 Å². The SMILES string of the molecule is O=C(O)C1(OCC2CCCCO2)CCCCC1. The molecule has 2 aliphatic rings. The molecule has 0 radical (unpaired) electrons. The lowest BCUT2D eigenvalue weighted by molar-refractivity contribution is -0.178. The van der Waals surface area contributed by atoms with Crippen LogP contribution < -0.4 is 0 Å². The van der Waals surface area contributed by atoms with E-state index in [0.717, 1.165) is 45.1 Å². The molecule has 2 rings (SSSR count). The predicted molar refractivity (Wildman–Crippen MR) is 63.0 cm³/mol. The number of carboxylic acid groups (broad SMARTS) is 1. The number of carboxylic acids is 1. The normalized spacial score (nSPS) is 28.8. The summed E-state index contributed by atoms with van der Waals surface area (Å²) < 4.78 is 11.3. The van der Waals surface area contributed by atoms with E-state index < -0.39 is 11.6 Å².